The van der Waals surface area contributed by atoms with E-state index >= 15 is 0 Å². The molecule has 0 radical (unpaired) electrons. The summed E-state index contributed by atoms with van der Waals surface area (Å²) < 4.78 is 4.74. The third kappa shape index (κ3) is 5.12. The zero-order valence-electron chi connectivity index (χ0n) is 16.3. The SMILES string of the molecule is COC(=O)CCC1CCC(N2CCN(CCC3CCNCC3)C2=O)CC1. The molecule has 2 amide bonds. The topological polar surface area (TPSA) is 61.9 Å². The molecule has 6 nitrogen and oxygen atoms in total. The Morgan fingerprint density at radius 1 is 1.04 bits per heavy atom. The van der Waals surface area contributed by atoms with Gasteiger partial charge in [-0.05, 0) is 76.3 Å². The average molecular weight is 366 g/mol. The maximum absolute atomic E-state index is 12.8. The van der Waals surface area contributed by atoms with E-state index in [1.807, 2.05) is 0 Å². The number of esters is 1. The molecule has 6 heteroatoms. The van der Waals surface area contributed by atoms with Crippen molar-refractivity contribution in [3.8, 4) is 0 Å². The summed E-state index contributed by atoms with van der Waals surface area (Å²) in [6.45, 7) is 4.97. The van der Waals surface area contributed by atoms with E-state index in [4.69, 9.17) is 4.74 Å². The summed E-state index contributed by atoms with van der Waals surface area (Å²) in [4.78, 5) is 28.3. The van der Waals surface area contributed by atoms with E-state index in [1.165, 1.54) is 20.0 Å². The summed E-state index contributed by atoms with van der Waals surface area (Å²) in [5.74, 6) is 1.29. The molecule has 0 aromatic carbocycles. The highest BCUT2D eigenvalue weighted by Gasteiger charge is 2.35. The Balaban J connectivity index is 1.37. The molecule has 0 spiro atoms. The first-order valence-electron chi connectivity index (χ1n) is 10.5. The fourth-order valence-electron chi connectivity index (χ4n) is 4.83. The average Bonchev–Trinajstić information content (AvgIpc) is 3.06. The predicted octanol–water partition coefficient (Wildman–Crippen LogP) is 2.63. The van der Waals surface area contributed by atoms with Gasteiger partial charge in [-0.2, -0.15) is 0 Å². The van der Waals surface area contributed by atoms with Crippen molar-refractivity contribution in [1.29, 1.82) is 0 Å². The van der Waals surface area contributed by atoms with Gasteiger partial charge in [-0.1, -0.05) is 0 Å². The summed E-state index contributed by atoms with van der Waals surface area (Å²) in [5, 5.41) is 3.41. The van der Waals surface area contributed by atoms with Gasteiger partial charge in [0.1, 0.15) is 0 Å². The van der Waals surface area contributed by atoms with Crippen LogP contribution >= 0.6 is 0 Å². The molecule has 2 saturated heterocycles. The molecule has 0 unspecified atom stereocenters. The molecule has 0 aromatic rings. The Bertz CT molecular complexity index is 471. The highest BCUT2D eigenvalue weighted by Crippen LogP contribution is 2.32. The Morgan fingerprint density at radius 3 is 2.42 bits per heavy atom. The lowest BCUT2D eigenvalue weighted by molar-refractivity contribution is -0.141. The quantitative estimate of drug-likeness (QED) is 0.705. The van der Waals surface area contributed by atoms with Crippen LogP contribution in [0.3, 0.4) is 0 Å². The van der Waals surface area contributed by atoms with E-state index in [0.29, 0.717) is 18.4 Å². The Labute approximate surface area is 157 Å². The number of ether oxygens (including phenoxy) is 1. The van der Waals surface area contributed by atoms with Crippen LogP contribution in [-0.2, 0) is 9.53 Å². The number of rotatable bonds is 7. The highest BCUT2D eigenvalue weighted by atomic mass is 16.5. The molecule has 3 fully saturated rings. The van der Waals surface area contributed by atoms with Crippen molar-refractivity contribution in [3.63, 3.8) is 0 Å². The minimum atomic E-state index is -0.105. The summed E-state index contributed by atoms with van der Waals surface area (Å²) in [5.41, 5.74) is 0. The van der Waals surface area contributed by atoms with E-state index in [2.05, 4.69) is 15.1 Å². The largest absolute Gasteiger partial charge is 0.469 e. The van der Waals surface area contributed by atoms with Crippen LogP contribution in [0.4, 0.5) is 4.79 Å². The fourth-order valence-corrected chi connectivity index (χ4v) is 4.83. The molecular formula is C20H35N3O3. The van der Waals surface area contributed by atoms with E-state index in [0.717, 1.165) is 77.2 Å². The zero-order chi connectivity index (χ0) is 18.4. The fraction of sp³-hybridized carbons (Fsp3) is 0.900. The van der Waals surface area contributed by atoms with E-state index in [-0.39, 0.29) is 12.0 Å². The van der Waals surface area contributed by atoms with Crippen molar-refractivity contribution in [2.24, 2.45) is 11.8 Å². The molecular weight excluding hydrogens is 330 g/mol. The molecule has 0 aromatic heterocycles. The van der Waals surface area contributed by atoms with Gasteiger partial charge in [-0.3, -0.25) is 4.79 Å². The van der Waals surface area contributed by atoms with Gasteiger partial charge in [0.05, 0.1) is 7.11 Å². The Hall–Kier alpha value is -1.30. The molecule has 0 bridgehead atoms. The van der Waals surface area contributed by atoms with Gasteiger partial charge < -0.3 is 19.9 Å². The first kappa shape index (κ1) is 19.5. The second-order valence-electron chi connectivity index (χ2n) is 8.23. The molecule has 2 aliphatic heterocycles. The highest BCUT2D eigenvalue weighted by molar-refractivity contribution is 5.76. The molecule has 1 saturated carbocycles. The van der Waals surface area contributed by atoms with Crippen LogP contribution in [0.15, 0.2) is 0 Å². The molecule has 1 aliphatic carbocycles. The van der Waals surface area contributed by atoms with E-state index < -0.39 is 0 Å². The maximum Gasteiger partial charge on any atom is 0.320 e. The van der Waals surface area contributed by atoms with Crippen molar-refractivity contribution in [2.45, 2.75) is 63.8 Å². The summed E-state index contributed by atoms with van der Waals surface area (Å²) >= 11 is 0. The van der Waals surface area contributed by atoms with Crippen LogP contribution in [0.2, 0.25) is 0 Å². The number of amides is 2. The Morgan fingerprint density at radius 2 is 1.73 bits per heavy atom. The van der Waals surface area contributed by atoms with E-state index in [1.54, 1.807) is 0 Å². The van der Waals surface area contributed by atoms with Crippen molar-refractivity contribution in [1.82, 2.24) is 15.1 Å². The number of piperidine rings is 1. The third-order valence-electron chi connectivity index (χ3n) is 6.63. The maximum atomic E-state index is 12.8. The zero-order valence-corrected chi connectivity index (χ0v) is 16.3. The smallest absolute Gasteiger partial charge is 0.320 e. The number of nitrogens with one attached hydrogen (secondary N) is 1. The van der Waals surface area contributed by atoms with Gasteiger partial charge in [0, 0.05) is 32.1 Å². The monoisotopic (exact) mass is 365 g/mol. The molecule has 3 rings (SSSR count). The van der Waals surface area contributed by atoms with Crippen LogP contribution < -0.4 is 5.32 Å². The van der Waals surface area contributed by atoms with Gasteiger partial charge in [0.2, 0.25) is 0 Å². The third-order valence-corrected chi connectivity index (χ3v) is 6.63. The first-order chi connectivity index (χ1) is 12.7. The van der Waals surface area contributed by atoms with Gasteiger partial charge in [-0.25, -0.2) is 4.79 Å². The molecule has 2 heterocycles. The minimum absolute atomic E-state index is 0.105. The summed E-state index contributed by atoms with van der Waals surface area (Å²) in [6, 6.07) is 0.665. The molecule has 1 N–H and O–H groups in total. The summed E-state index contributed by atoms with van der Waals surface area (Å²) in [7, 11) is 1.45. The van der Waals surface area contributed by atoms with Crippen LogP contribution in [-0.4, -0.2) is 67.7 Å². The predicted molar refractivity (Wildman–Crippen MR) is 101 cm³/mol. The minimum Gasteiger partial charge on any atom is -0.469 e. The number of hydrogen-bond donors (Lipinski definition) is 1. The van der Waals surface area contributed by atoms with Gasteiger partial charge in [0.25, 0.3) is 0 Å². The van der Waals surface area contributed by atoms with Crippen molar-refractivity contribution in [2.75, 3.05) is 39.8 Å². The Kier molecular flexibility index (Phi) is 7.17. The molecule has 26 heavy (non-hydrogen) atoms. The molecule has 148 valence electrons. The number of carbonyl (C=O) groups is 2. The van der Waals surface area contributed by atoms with Crippen LogP contribution in [0, 0.1) is 11.8 Å². The normalized spacial score (nSPS) is 27.8. The molecule has 3 aliphatic rings. The second-order valence-corrected chi connectivity index (χ2v) is 8.23. The first-order valence-corrected chi connectivity index (χ1v) is 10.5. The van der Waals surface area contributed by atoms with Gasteiger partial charge >= 0.3 is 12.0 Å². The number of carbonyl (C=O) groups excluding carboxylic acids is 2. The second kappa shape index (κ2) is 9.58. The van der Waals surface area contributed by atoms with Crippen molar-refractivity contribution in [3.05, 3.63) is 0 Å². The number of urea groups is 1. The van der Waals surface area contributed by atoms with Crippen molar-refractivity contribution < 1.29 is 14.3 Å². The number of methoxy groups -OCH3 is 1. The van der Waals surface area contributed by atoms with Crippen molar-refractivity contribution >= 4 is 12.0 Å². The van der Waals surface area contributed by atoms with Gasteiger partial charge in [-0.15, -0.1) is 0 Å². The summed E-state index contributed by atoms with van der Waals surface area (Å²) in [6.07, 6.45) is 9.53. The van der Waals surface area contributed by atoms with Gasteiger partial charge in [0.15, 0.2) is 0 Å². The lowest BCUT2D eigenvalue weighted by atomic mass is 9.83. The lowest BCUT2D eigenvalue weighted by Crippen LogP contribution is -2.41. The van der Waals surface area contributed by atoms with Crippen LogP contribution in [0.5, 0.6) is 0 Å². The van der Waals surface area contributed by atoms with Crippen LogP contribution in [0.25, 0.3) is 0 Å². The van der Waals surface area contributed by atoms with Crippen LogP contribution in [0.1, 0.15) is 57.8 Å². The van der Waals surface area contributed by atoms with E-state index in [9.17, 15) is 9.59 Å². The lowest BCUT2D eigenvalue weighted by Gasteiger charge is -2.34. The number of nitrogens with zero attached hydrogens (tertiary/aromatic N) is 2. The molecule has 0 atom stereocenters. The standard InChI is InChI=1S/C20H35N3O3/c1-26-19(24)7-4-16-2-5-18(6-3-16)23-15-14-22(20(23)25)13-10-17-8-11-21-12-9-17/h16-18,21H,2-15H2,1H3. The number of hydrogen-bond acceptors (Lipinski definition) is 4.